The molecule has 0 unspecified atom stereocenters. The maximum Gasteiger partial charge on any atom is 0.244 e. The first-order valence-electron chi connectivity index (χ1n) is 9.81. The molecular formula is C22H19FN6O. The second-order valence-electron chi connectivity index (χ2n) is 7.24. The van der Waals surface area contributed by atoms with Crippen LogP contribution >= 0.6 is 0 Å². The molecule has 4 aromatic rings. The molecule has 1 aliphatic heterocycles. The predicted molar refractivity (Wildman–Crippen MR) is 107 cm³/mol. The third kappa shape index (κ3) is 3.69. The number of rotatable bonds is 5. The Kier molecular flexibility index (Phi) is 4.98. The molecule has 0 bridgehead atoms. The number of halogens is 1. The number of hydrogen-bond donors (Lipinski definition) is 0. The van der Waals surface area contributed by atoms with E-state index < -0.39 is 0 Å². The number of benzene rings is 1. The van der Waals surface area contributed by atoms with Gasteiger partial charge in [0.25, 0.3) is 0 Å². The molecule has 1 fully saturated rings. The van der Waals surface area contributed by atoms with Gasteiger partial charge < -0.3 is 4.52 Å². The largest absolute Gasteiger partial charge is 0.337 e. The van der Waals surface area contributed by atoms with Crippen LogP contribution in [0.1, 0.15) is 30.3 Å². The van der Waals surface area contributed by atoms with E-state index in [1.165, 1.54) is 12.4 Å². The lowest BCUT2D eigenvalue weighted by Gasteiger charge is -2.21. The minimum atomic E-state index is -0.190. The standard InChI is InChI=1S/C22H19FN6O/c23-18-5-2-1-4-16(18)13-29-9-3-6-20(29)22-27-21(28-30-22)15-7-8-19(26-12-15)17-10-24-14-25-11-17/h1-2,4-5,7-8,10-12,14,20H,3,6,9,13H2/t20-/m0/s1. The van der Waals surface area contributed by atoms with Gasteiger partial charge in [-0.25, -0.2) is 14.4 Å². The molecule has 150 valence electrons. The molecule has 1 aliphatic rings. The highest BCUT2D eigenvalue weighted by atomic mass is 19.1. The fraction of sp³-hybridized carbons (Fsp3) is 0.227. The molecule has 1 atom stereocenters. The van der Waals surface area contributed by atoms with Crippen molar-refractivity contribution in [1.29, 1.82) is 0 Å². The molecule has 0 saturated carbocycles. The molecule has 7 nitrogen and oxygen atoms in total. The highest BCUT2D eigenvalue weighted by Crippen LogP contribution is 2.33. The van der Waals surface area contributed by atoms with Crippen LogP contribution in [0.15, 0.2) is 65.8 Å². The molecule has 5 rings (SSSR count). The molecule has 30 heavy (non-hydrogen) atoms. The van der Waals surface area contributed by atoms with E-state index >= 15 is 0 Å². The number of aromatic nitrogens is 5. The van der Waals surface area contributed by atoms with Gasteiger partial charge in [0, 0.05) is 41.8 Å². The van der Waals surface area contributed by atoms with Gasteiger partial charge in [0.05, 0.1) is 11.7 Å². The third-order valence-corrected chi connectivity index (χ3v) is 5.30. The zero-order valence-corrected chi connectivity index (χ0v) is 16.1. The molecule has 1 saturated heterocycles. The summed E-state index contributed by atoms with van der Waals surface area (Å²) in [5.74, 6) is 0.856. The van der Waals surface area contributed by atoms with Crippen LogP contribution in [0, 0.1) is 5.82 Å². The zero-order valence-electron chi connectivity index (χ0n) is 16.1. The number of likely N-dealkylation sites (tertiary alicyclic amines) is 1. The fourth-order valence-corrected chi connectivity index (χ4v) is 3.76. The van der Waals surface area contributed by atoms with Crippen LogP contribution in [0.3, 0.4) is 0 Å². The molecule has 4 heterocycles. The van der Waals surface area contributed by atoms with Crippen molar-refractivity contribution in [2.45, 2.75) is 25.4 Å². The summed E-state index contributed by atoms with van der Waals surface area (Å²) in [5, 5.41) is 4.14. The highest BCUT2D eigenvalue weighted by molar-refractivity contribution is 5.61. The van der Waals surface area contributed by atoms with Gasteiger partial charge in [-0.3, -0.25) is 9.88 Å². The van der Waals surface area contributed by atoms with Gasteiger partial charge in [-0.05, 0) is 37.6 Å². The molecule has 0 amide bonds. The van der Waals surface area contributed by atoms with E-state index in [2.05, 4.69) is 30.0 Å². The monoisotopic (exact) mass is 402 g/mol. The van der Waals surface area contributed by atoms with Crippen LogP contribution in [-0.4, -0.2) is 36.5 Å². The summed E-state index contributed by atoms with van der Waals surface area (Å²) in [6.07, 6.45) is 8.53. The average Bonchev–Trinajstić information content (AvgIpc) is 3.46. The molecule has 0 aliphatic carbocycles. The van der Waals surface area contributed by atoms with Crippen LogP contribution in [0.2, 0.25) is 0 Å². The minimum Gasteiger partial charge on any atom is -0.337 e. The van der Waals surface area contributed by atoms with E-state index in [4.69, 9.17) is 4.52 Å². The van der Waals surface area contributed by atoms with Gasteiger partial charge in [-0.15, -0.1) is 0 Å². The Morgan fingerprint density at radius 2 is 1.90 bits per heavy atom. The van der Waals surface area contributed by atoms with Gasteiger partial charge in [0.2, 0.25) is 11.7 Å². The first-order chi connectivity index (χ1) is 14.8. The Labute approximate surface area is 172 Å². The van der Waals surface area contributed by atoms with Crippen molar-refractivity contribution in [3.05, 3.63) is 78.6 Å². The summed E-state index contributed by atoms with van der Waals surface area (Å²) in [4.78, 5) is 19.3. The van der Waals surface area contributed by atoms with E-state index in [0.29, 0.717) is 23.8 Å². The van der Waals surface area contributed by atoms with Crippen molar-refractivity contribution >= 4 is 0 Å². The molecular weight excluding hydrogens is 383 g/mol. The Hall–Kier alpha value is -3.52. The van der Waals surface area contributed by atoms with Crippen LogP contribution in [0.4, 0.5) is 4.39 Å². The van der Waals surface area contributed by atoms with E-state index in [9.17, 15) is 4.39 Å². The van der Waals surface area contributed by atoms with E-state index in [1.54, 1.807) is 24.7 Å². The fourth-order valence-electron chi connectivity index (χ4n) is 3.76. The SMILES string of the molecule is Fc1ccccc1CN1CCC[C@H]1c1nc(-c2ccc(-c3cncnc3)nc2)no1. The van der Waals surface area contributed by atoms with Crippen LogP contribution < -0.4 is 0 Å². The van der Waals surface area contributed by atoms with E-state index in [0.717, 1.165) is 36.2 Å². The first-order valence-corrected chi connectivity index (χ1v) is 9.81. The molecule has 8 heteroatoms. The van der Waals surface area contributed by atoms with Crippen molar-refractivity contribution in [2.75, 3.05) is 6.54 Å². The third-order valence-electron chi connectivity index (χ3n) is 5.30. The van der Waals surface area contributed by atoms with E-state index in [1.807, 2.05) is 24.3 Å². The molecule has 0 N–H and O–H groups in total. The van der Waals surface area contributed by atoms with Crippen molar-refractivity contribution in [2.24, 2.45) is 0 Å². The Bertz CT molecular complexity index is 1130. The van der Waals surface area contributed by atoms with Crippen LogP contribution in [0.5, 0.6) is 0 Å². The molecule has 0 radical (unpaired) electrons. The normalized spacial score (nSPS) is 16.8. The lowest BCUT2D eigenvalue weighted by Crippen LogP contribution is -2.23. The minimum absolute atomic E-state index is 0.0143. The molecule has 1 aromatic carbocycles. The number of pyridine rings is 1. The Balaban J connectivity index is 1.34. The summed E-state index contributed by atoms with van der Waals surface area (Å²) >= 11 is 0. The number of hydrogen-bond acceptors (Lipinski definition) is 7. The van der Waals surface area contributed by atoms with Crippen molar-refractivity contribution < 1.29 is 8.91 Å². The highest BCUT2D eigenvalue weighted by Gasteiger charge is 2.31. The summed E-state index contributed by atoms with van der Waals surface area (Å²) in [5.41, 5.74) is 3.06. The quantitative estimate of drug-likeness (QED) is 0.498. The zero-order chi connectivity index (χ0) is 20.3. The second kappa shape index (κ2) is 8.08. The number of nitrogens with zero attached hydrogens (tertiary/aromatic N) is 6. The van der Waals surface area contributed by atoms with Gasteiger partial charge >= 0.3 is 0 Å². The smallest absolute Gasteiger partial charge is 0.244 e. The first kappa shape index (κ1) is 18.5. The van der Waals surface area contributed by atoms with Crippen molar-refractivity contribution in [1.82, 2.24) is 30.0 Å². The maximum absolute atomic E-state index is 14.1. The lowest BCUT2D eigenvalue weighted by atomic mass is 10.1. The Morgan fingerprint density at radius 1 is 1.03 bits per heavy atom. The summed E-state index contributed by atoms with van der Waals surface area (Å²) in [7, 11) is 0. The second-order valence-corrected chi connectivity index (χ2v) is 7.24. The van der Waals surface area contributed by atoms with Crippen LogP contribution in [0.25, 0.3) is 22.6 Å². The maximum atomic E-state index is 14.1. The average molecular weight is 402 g/mol. The Morgan fingerprint density at radius 3 is 2.70 bits per heavy atom. The predicted octanol–water partition coefficient (Wildman–Crippen LogP) is 4.06. The summed E-state index contributed by atoms with van der Waals surface area (Å²) in [6.45, 7) is 1.39. The van der Waals surface area contributed by atoms with Gasteiger partial charge in [0.15, 0.2) is 0 Å². The van der Waals surface area contributed by atoms with Crippen molar-refractivity contribution in [3.8, 4) is 22.6 Å². The van der Waals surface area contributed by atoms with Gasteiger partial charge in [0.1, 0.15) is 12.1 Å². The summed E-state index contributed by atoms with van der Waals surface area (Å²) < 4.78 is 19.6. The van der Waals surface area contributed by atoms with Gasteiger partial charge in [-0.2, -0.15) is 4.98 Å². The van der Waals surface area contributed by atoms with Crippen molar-refractivity contribution in [3.63, 3.8) is 0 Å². The molecule has 3 aromatic heterocycles. The van der Waals surface area contributed by atoms with Crippen LogP contribution in [-0.2, 0) is 6.54 Å². The van der Waals surface area contributed by atoms with E-state index in [-0.39, 0.29) is 11.9 Å². The topological polar surface area (TPSA) is 80.8 Å². The van der Waals surface area contributed by atoms with Gasteiger partial charge in [-0.1, -0.05) is 23.4 Å². The lowest BCUT2D eigenvalue weighted by molar-refractivity contribution is 0.199. The summed E-state index contributed by atoms with van der Waals surface area (Å²) in [6, 6.07) is 10.6. The molecule has 0 spiro atoms.